The van der Waals surface area contributed by atoms with Crippen molar-refractivity contribution in [1.29, 1.82) is 0 Å². The molecule has 1 fully saturated rings. The number of carbonyl (C=O) groups excluding carboxylic acids is 2. The van der Waals surface area contributed by atoms with Gasteiger partial charge >= 0.3 is 0 Å². The lowest BCUT2D eigenvalue weighted by Gasteiger charge is -2.17. The van der Waals surface area contributed by atoms with Crippen LogP contribution < -0.4 is 10.1 Å². The number of aromatic nitrogens is 2. The summed E-state index contributed by atoms with van der Waals surface area (Å²) in [7, 11) is 1.64. The molecule has 0 spiro atoms. The Morgan fingerprint density at radius 2 is 2.18 bits per heavy atom. The summed E-state index contributed by atoms with van der Waals surface area (Å²) in [5.74, 6) is 0.353. The number of carbonyl (C=O) groups is 2. The summed E-state index contributed by atoms with van der Waals surface area (Å²) >= 11 is 0. The summed E-state index contributed by atoms with van der Waals surface area (Å²) in [4.78, 5) is 33.9. The van der Waals surface area contributed by atoms with Gasteiger partial charge in [0.1, 0.15) is 5.75 Å². The first-order chi connectivity index (χ1) is 13.6. The van der Waals surface area contributed by atoms with E-state index >= 15 is 0 Å². The number of para-hydroxylation sites is 1. The van der Waals surface area contributed by atoms with Crippen molar-refractivity contribution in [2.75, 3.05) is 25.5 Å². The van der Waals surface area contributed by atoms with Gasteiger partial charge in [0.25, 0.3) is 0 Å². The zero-order valence-electron chi connectivity index (χ0n) is 15.6. The van der Waals surface area contributed by atoms with Gasteiger partial charge in [-0.1, -0.05) is 18.2 Å². The van der Waals surface area contributed by atoms with E-state index in [0.717, 1.165) is 22.3 Å². The van der Waals surface area contributed by atoms with Crippen LogP contribution in [0.4, 0.5) is 5.69 Å². The summed E-state index contributed by atoms with van der Waals surface area (Å²) in [6, 6.07) is 13.3. The number of aromatic amines is 1. The summed E-state index contributed by atoms with van der Waals surface area (Å²) in [5.41, 5.74) is 3.45. The van der Waals surface area contributed by atoms with Gasteiger partial charge in [-0.2, -0.15) is 0 Å². The average molecular weight is 378 g/mol. The number of H-pyrrole nitrogens is 1. The fourth-order valence-electron chi connectivity index (χ4n) is 3.59. The molecule has 1 aliphatic heterocycles. The minimum Gasteiger partial charge on any atom is -0.496 e. The molecule has 2 N–H and O–H groups in total. The second kappa shape index (κ2) is 7.72. The molecular weight excluding hydrogens is 356 g/mol. The molecule has 1 atom stereocenters. The number of nitrogens with zero attached hydrogens (tertiary/aromatic N) is 2. The number of hydrogen-bond donors (Lipinski definition) is 2. The van der Waals surface area contributed by atoms with Crippen molar-refractivity contribution in [3.05, 3.63) is 54.4 Å². The summed E-state index contributed by atoms with van der Waals surface area (Å²) in [5, 5.41) is 2.91. The third-order valence-electron chi connectivity index (χ3n) is 5.12. The highest BCUT2D eigenvalue weighted by atomic mass is 16.5. The highest BCUT2D eigenvalue weighted by Gasteiger charge is 2.34. The molecule has 1 saturated heterocycles. The van der Waals surface area contributed by atoms with E-state index < -0.39 is 0 Å². The Morgan fingerprint density at radius 1 is 1.32 bits per heavy atom. The van der Waals surface area contributed by atoms with Crippen LogP contribution in [0.2, 0.25) is 0 Å². The normalized spacial score (nSPS) is 16.5. The SMILES string of the molecule is COc1ccccc1CCN1C[C@H](C(=O)Nc2ccc3nc[nH]c3c2)CC1=O. The monoisotopic (exact) mass is 378 g/mol. The third-order valence-corrected chi connectivity index (χ3v) is 5.12. The van der Waals surface area contributed by atoms with Crippen molar-refractivity contribution in [2.45, 2.75) is 12.8 Å². The maximum atomic E-state index is 12.6. The largest absolute Gasteiger partial charge is 0.496 e. The van der Waals surface area contributed by atoms with E-state index in [0.29, 0.717) is 25.2 Å². The van der Waals surface area contributed by atoms with E-state index in [1.807, 2.05) is 42.5 Å². The zero-order chi connectivity index (χ0) is 19.5. The number of rotatable bonds is 6. The number of nitrogens with one attached hydrogen (secondary N) is 2. The van der Waals surface area contributed by atoms with Crippen molar-refractivity contribution < 1.29 is 14.3 Å². The van der Waals surface area contributed by atoms with E-state index in [-0.39, 0.29) is 24.2 Å². The third kappa shape index (κ3) is 3.69. The molecule has 2 heterocycles. The molecule has 0 unspecified atom stereocenters. The fraction of sp³-hybridized carbons (Fsp3) is 0.286. The number of methoxy groups -OCH3 is 1. The van der Waals surface area contributed by atoms with Gasteiger partial charge in [0.2, 0.25) is 11.8 Å². The first-order valence-corrected chi connectivity index (χ1v) is 9.27. The number of likely N-dealkylation sites (tertiary alicyclic amines) is 1. The van der Waals surface area contributed by atoms with Crippen molar-refractivity contribution in [1.82, 2.24) is 14.9 Å². The Kier molecular flexibility index (Phi) is 4.97. The van der Waals surface area contributed by atoms with Gasteiger partial charge in [0, 0.05) is 25.2 Å². The van der Waals surface area contributed by atoms with Crippen LogP contribution in [0.5, 0.6) is 5.75 Å². The van der Waals surface area contributed by atoms with E-state index in [2.05, 4.69) is 15.3 Å². The van der Waals surface area contributed by atoms with Gasteiger partial charge in [-0.15, -0.1) is 0 Å². The quantitative estimate of drug-likeness (QED) is 0.690. The Balaban J connectivity index is 1.36. The molecular formula is C21H22N4O3. The molecule has 1 aromatic heterocycles. The van der Waals surface area contributed by atoms with E-state index in [4.69, 9.17) is 4.74 Å². The first-order valence-electron chi connectivity index (χ1n) is 9.27. The maximum Gasteiger partial charge on any atom is 0.229 e. The molecule has 2 aromatic carbocycles. The number of anilines is 1. The minimum absolute atomic E-state index is 0.0130. The standard InChI is InChI=1S/C21H22N4O3/c1-28-19-5-3-2-4-14(19)8-9-25-12-15(10-20(25)26)21(27)24-16-6-7-17-18(11-16)23-13-22-17/h2-7,11,13,15H,8-10,12H2,1H3,(H,22,23)(H,24,27)/t15-/m1/s1. The molecule has 0 aliphatic carbocycles. The first kappa shape index (κ1) is 18.0. The van der Waals surface area contributed by atoms with E-state index in [1.54, 1.807) is 18.3 Å². The molecule has 7 nitrogen and oxygen atoms in total. The van der Waals surface area contributed by atoms with Crippen molar-refractivity contribution in [2.24, 2.45) is 5.92 Å². The summed E-state index contributed by atoms with van der Waals surface area (Å²) in [6.45, 7) is 1.01. The molecule has 0 saturated carbocycles. The fourth-order valence-corrected chi connectivity index (χ4v) is 3.59. The zero-order valence-corrected chi connectivity index (χ0v) is 15.6. The lowest BCUT2D eigenvalue weighted by atomic mass is 10.1. The van der Waals surface area contributed by atoms with Gasteiger partial charge in [-0.3, -0.25) is 9.59 Å². The maximum absolute atomic E-state index is 12.6. The van der Waals surface area contributed by atoms with Crippen LogP contribution in [0.3, 0.4) is 0 Å². The number of amides is 2. The lowest BCUT2D eigenvalue weighted by molar-refractivity contribution is -0.128. The summed E-state index contributed by atoms with van der Waals surface area (Å²) in [6.07, 6.45) is 2.55. The molecule has 0 radical (unpaired) electrons. The second-order valence-electron chi connectivity index (χ2n) is 6.93. The predicted octanol–water partition coefficient (Wildman–Crippen LogP) is 2.60. The Hall–Kier alpha value is -3.35. The number of ether oxygens (including phenoxy) is 1. The van der Waals surface area contributed by atoms with Crippen LogP contribution in [-0.4, -0.2) is 46.9 Å². The van der Waals surface area contributed by atoms with Crippen LogP contribution in [0.25, 0.3) is 11.0 Å². The summed E-state index contributed by atoms with van der Waals surface area (Å²) < 4.78 is 5.36. The molecule has 144 valence electrons. The van der Waals surface area contributed by atoms with E-state index in [1.165, 1.54) is 0 Å². The Labute approximate surface area is 162 Å². The highest BCUT2D eigenvalue weighted by Crippen LogP contribution is 2.23. The Bertz CT molecular complexity index is 1010. The van der Waals surface area contributed by atoms with Crippen LogP contribution in [0.1, 0.15) is 12.0 Å². The van der Waals surface area contributed by atoms with Gasteiger partial charge < -0.3 is 19.9 Å². The van der Waals surface area contributed by atoms with Gasteiger partial charge in [-0.25, -0.2) is 4.98 Å². The number of imidazole rings is 1. The topological polar surface area (TPSA) is 87.3 Å². The molecule has 2 amide bonds. The Morgan fingerprint density at radius 3 is 3.04 bits per heavy atom. The van der Waals surface area contributed by atoms with Gasteiger partial charge in [0.15, 0.2) is 0 Å². The average Bonchev–Trinajstić information content (AvgIpc) is 3.32. The molecule has 4 rings (SSSR count). The highest BCUT2D eigenvalue weighted by molar-refractivity contribution is 5.98. The van der Waals surface area contributed by atoms with Crippen molar-refractivity contribution >= 4 is 28.5 Å². The van der Waals surface area contributed by atoms with Crippen LogP contribution in [0, 0.1) is 5.92 Å². The lowest BCUT2D eigenvalue weighted by Crippen LogP contribution is -2.30. The molecule has 28 heavy (non-hydrogen) atoms. The van der Waals surface area contributed by atoms with Crippen LogP contribution >= 0.6 is 0 Å². The van der Waals surface area contributed by atoms with Gasteiger partial charge in [-0.05, 0) is 36.2 Å². The van der Waals surface area contributed by atoms with E-state index in [9.17, 15) is 9.59 Å². The predicted molar refractivity (Wildman–Crippen MR) is 106 cm³/mol. The van der Waals surface area contributed by atoms with Crippen LogP contribution in [-0.2, 0) is 16.0 Å². The smallest absolute Gasteiger partial charge is 0.229 e. The van der Waals surface area contributed by atoms with Crippen molar-refractivity contribution in [3.63, 3.8) is 0 Å². The molecule has 3 aromatic rings. The number of hydrogen-bond acceptors (Lipinski definition) is 4. The van der Waals surface area contributed by atoms with Crippen molar-refractivity contribution in [3.8, 4) is 5.75 Å². The molecule has 7 heteroatoms. The minimum atomic E-state index is -0.345. The number of fused-ring (bicyclic) bond motifs is 1. The molecule has 0 bridgehead atoms. The van der Waals surface area contributed by atoms with Gasteiger partial charge in [0.05, 0.1) is 30.4 Å². The molecule has 1 aliphatic rings. The van der Waals surface area contributed by atoms with Crippen LogP contribution in [0.15, 0.2) is 48.8 Å². The number of benzene rings is 2. The second-order valence-corrected chi connectivity index (χ2v) is 6.93.